The number of carbonyl (C=O) groups excluding carboxylic acids is 1. The molecule has 0 bridgehead atoms. The van der Waals surface area contributed by atoms with Crippen molar-refractivity contribution >= 4 is 5.97 Å². The third-order valence-corrected chi connectivity index (χ3v) is 3.45. The maximum Gasteiger partial charge on any atom is 0.316 e. The van der Waals surface area contributed by atoms with Crippen molar-refractivity contribution in [1.29, 1.82) is 0 Å². The van der Waals surface area contributed by atoms with Crippen molar-refractivity contribution in [3.63, 3.8) is 0 Å². The molecule has 1 aliphatic rings. The van der Waals surface area contributed by atoms with Crippen LogP contribution in [0, 0.1) is 17.3 Å². The molecule has 1 aliphatic carbocycles. The van der Waals surface area contributed by atoms with Crippen molar-refractivity contribution in [2.24, 2.45) is 17.3 Å². The molecule has 0 aromatic heterocycles. The van der Waals surface area contributed by atoms with Crippen molar-refractivity contribution in [3.8, 4) is 0 Å². The van der Waals surface area contributed by atoms with Crippen LogP contribution in [0.15, 0.2) is 24.0 Å². The maximum absolute atomic E-state index is 11.7. The molecule has 0 aromatic carbocycles. The van der Waals surface area contributed by atoms with Gasteiger partial charge in [-0.1, -0.05) is 32.1 Å². The summed E-state index contributed by atoms with van der Waals surface area (Å²) in [5.41, 5.74) is 0.897. The summed E-state index contributed by atoms with van der Waals surface area (Å²) in [6.07, 6.45) is 5.24. The lowest BCUT2D eigenvalue weighted by atomic mass is 9.92. The van der Waals surface area contributed by atoms with Gasteiger partial charge in [-0.15, -0.1) is 0 Å². The zero-order valence-electron chi connectivity index (χ0n) is 12.4. The predicted molar refractivity (Wildman–Crippen MR) is 74.9 cm³/mol. The van der Waals surface area contributed by atoms with Gasteiger partial charge in [0.2, 0.25) is 0 Å². The van der Waals surface area contributed by atoms with Gasteiger partial charge in [0.25, 0.3) is 0 Å². The molecular weight excluding hydrogens is 224 g/mol. The lowest BCUT2D eigenvalue weighted by molar-refractivity contribution is -0.148. The maximum atomic E-state index is 11.7. The molecule has 0 saturated heterocycles. The van der Waals surface area contributed by atoms with Crippen LogP contribution in [-0.4, -0.2) is 5.97 Å². The molecule has 0 amide bonds. The summed E-state index contributed by atoms with van der Waals surface area (Å²) < 4.78 is 5.30. The summed E-state index contributed by atoms with van der Waals surface area (Å²) >= 11 is 0. The molecule has 0 fully saturated rings. The van der Waals surface area contributed by atoms with Crippen molar-refractivity contribution in [1.82, 2.24) is 0 Å². The third-order valence-electron chi connectivity index (χ3n) is 3.45. The fraction of sp³-hybridized carbons (Fsp3) is 0.688. The van der Waals surface area contributed by atoms with Gasteiger partial charge in [0, 0.05) is 6.42 Å². The van der Waals surface area contributed by atoms with Gasteiger partial charge >= 0.3 is 5.97 Å². The van der Waals surface area contributed by atoms with Crippen LogP contribution in [0.25, 0.3) is 0 Å². The van der Waals surface area contributed by atoms with Gasteiger partial charge in [-0.3, -0.25) is 4.79 Å². The highest BCUT2D eigenvalue weighted by atomic mass is 16.5. The number of hydrogen-bond donors (Lipinski definition) is 0. The average molecular weight is 250 g/mol. The topological polar surface area (TPSA) is 26.3 Å². The molecule has 0 saturated carbocycles. The van der Waals surface area contributed by atoms with E-state index in [2.05, 4.69) is 26.5 Å². The summed E-state index contributed by atoms with van der Waals surface area (Å²) in [5.74, 6) is 1.83. The third kappa shape index (κ3) is 4.32. The largest absolute Gasteiger partial charge is 0.431 e. The Labute approximate surface area is 111 Å². The van der Waals surface area contributed by atoms with E-state index in [0.717, 1.165) is 18.8 Å². The van der Waals surface area contributed by atoms with E-state index in [-0.39, 0.29) is 5.97 Å². The quantitative estimate of drug-likeness (QED) is 0.418. The van der Waals surface area contributed by atoms with E-state index in [1.165, 1.54) is 5.57 Å². The fourth-order valence-electron chi connectivity index (χ4n) is 2.05. The van der Waals surface area contributed by atoms with E-state index in [9.17, 15) is 4.79 Å². The second kappa shape index (κ2) is 5.73. The van der Waals surface area contributed by atoms with Crippen LogP contribution in [0.3, 0.4) is 0 Å². The minimum atomic E-state index is -0.465. The van der Waals surface area contributed by atoms with Gasteiger partial charge in [-0.25, -0.2) is 0 Å². The van der Waals surface area contributed by atoms with Crippen LogP contribution in [0.4, 0.5) is 0 Å². The Morgan fingerprint density at radius 3 is 2.56 bits per heavy atom. The molecule has 0 aromatic rings. The summed E-state index contributed by atoms with van der Waals surface area (Å²) in [7, 11) is 0. The van der Waals surface area contributed by atoms with Crippen LogP contribution >= 0.6 is 0 Å². The number of esters is 1. The fourth-order valence-corrected chi connectivity index (χ4v) is 2.05. The first-order chi connectivity index (χ1) is 8.20. The highest BCUT2D eigenvalue weighted by Gasteiger charge is 2.25. The molecule has 0 N–H and O–H groups in total. The number of ether oxygens (including phenoxy) is 1. The molecule has 1 unspecified atom stereocenters. The van der Waals surface area contributed by atoms with E-state index in [1.54, 1.807) is 0 Å². The van der Waals surface area contributed by atoms with Gasteiger partial charge in [-0.2, -0.15) is 0 Å². The second-order valence-corrected chi connectivity index (χ2v) is 6.66. The summed E-state index contributed by atoms with van der Waals surface area (Å²) in [6, 6.07) is 0. The Hall–Kier alpha value is -1.05. The molecule has 2 heteroatoms. The molecule has 18 heavy (non-hydrogen) atoms. The number of allylic oxidation sites excluding steroid dienone is 2. The van der Waals surface area contributed by atoms with Gasteiger partial charge in [0.15, 0.2) is 0 Å². The molecule has 0 heterocycles. The van der Waals surface area contributed by atoms with Crippen LogP contribution in [0.5, 0.6) is 0 Å². The molecular formula is C16H26O2. The van der Waals surface area contributed by atoms with E-state index >= 15 is 0 Å². The first kappa shape index (κ1) is 15.0. The van der Waals surface area contributed by atoms with Crippen molar-refractivity contribution in [2.75, 3.05) is 0 Å². The Bertz CT molecular complexity index is 356. The van der Waals surface area contributed by atoms with Gasteiger partial charge in [0.1, 0.15) is 5.76 Å². The smallest absolute Gasteiger partial charge is 0.316 e. The van der Waals surface area contributed by atoms with Gasteiger partial charge < -0.3 is 4.74 Å². The Morgan fingerprint density at radius 1 is 1.50 bits per heavy atom. The van der Waals surface area contributed by atoms with Crippen LogP contribution in [0.2, 0.25) is 0 Å². The van der Waals surface area contributed by atoms with Crippen molar-refractivity contribution in [3.05, 3.63) is 24.0 Å². The van der Waals surface area contributed by atoms with Crippen LogP contribution in [0.1, 0.15) is 53.9 Å². The zero-order chi connectivity index (χ0) is 13.9. The minimum absolute atomic E-state index is 0.202. The van der Waals surface area contributed by atoms with E-state index in [4.69, 9.17) is 4.74 Å². The molecule has 102 valence electrons. The van der Waals surface area contributed by atoms with Gasteiger partial charge in [0.05, 0.1) is 5.41 Å². The summed E-state index contributed by atoms with van der Waals surface area (Å²) in [4.78, 5) is 11.7. The van der Waals surface area contributed by atoms with Crippen molar-refractivity contribution in [2.45, 2.75) is 53.9 Å². The van der Waals surface area contributed by atoms with E-state index in [1.807, 2.05) is 20.8 Å². The first-order valence-corrected chi connectivity index (χ1v) is 6.78. The highest BCUT2D eigenvalue weighted by molar-refractivity contribution is 5.76. The Kier molecular flexibility index (Phi) is 4.78. The normalized spacial score (nSPS) is 19.9. The van der Waals surface area contributed by atoms with E-state index < -0.39 is 5.41 Å². The Balaban J connectivity index is 2.41. The Morgan fingerprint density at radius 2 is 2.11 bits per heavy atom. The highest BCUT2D eigenvalue weighted by Crippen LogP contribution is 2.34. The zero-order valence-corrected chi connectivity index (χ0v) is 12.4. The van der Waals surface area contributed by atoms with Gasteiger partial charge in [-0.05, 0) is 45.4 Å². The lowest BCUT2D eigenvalue weighted by Gasteiger charge is -2.18. The predicted octanol–water partition coefficient (Wildman–Crippen LogP) is 4.47. The average Bonchev–Trinajstić information content (AvgIpc) is 2.64. The SMILES string of the molecule is C=C(CC1=CCC(C(C)C)C1)OC(=O)C(C)(C)C. The molecule has 1 rings (SSSR count). The standard InChI is InChI=1S/C16H26O2/c1-11(2)14-8-7-13(10-14)9-12(3)18-15(17)16(4,5)6/h7,11,14H,3,8-10H2,1-2,4-6H3. The first-order valence-electron chi connectivity index (χ1n) is 6.78. The molecule has 0 aliphatic heterocycles. The van der Waals surface area contributed by atoms with Crippen LogP contribution < -0.4 is 0 Å². The molecule has 2 nitrogen and oxygen atoms in total. The molecule has 0 spiro atoms. The number of carbonyl (C=O) groups is 1. The molecule has 0 radical (unpaired) electrons. The number of rotatable bonds is 4. The monoisotopic (exact) mass is 250 g/mol. The number of hydrogen-bond acceptors (Lipinski definition) is 2. The summed E-state index contributed by atoms with van der Waals surface area (Å²) in [6.45, 7) is 13.9. The van der Waals surface area contributed by atoms with E-state index in [0.29, 0.717) is 18.1 Å². The molecule has 1 atom stereocenters. The minimum Gasteiger partial charge on any atom is -0.431 e. The second-order valence-electron chi connectivity index (χ2n) is 6.66. The lowest BCUT2D eigenvalue weighted by Crippen LogP contribution is -2.22. The van der Waals surface area contributed by atoms with Crippen LogP contribution in [-0.2, 0) is 9.53 Å². The summed E-state index contributed by atoms with van der Waals surface area (Å²) in [5, 5.41) is 0. The van der Waals surface area contributed by atoms with Crippen molar-refractivity contribution < 1.29 is 9.53 Å².